The third kappa shape index (κ3) is 4.15. The van der Waals surface area contributed by atoms with Crippen LogP contribution in [0.4, 0.5) is 0 Å². The Kier molecular flexibility index (Phi) is 5.63. The minimum atomic E-state index is 0.350. The summed E-state index contributed by atoms with van der Waals surface area (Å²) in [5.41, 5.74) is 0. The van der Waals surface area contributed by atoms with Gasteiger partial charge in [-0.25, -0.2) is 0 Å². The second-order valence-electron chi connectivity index (χ2n) is 6.68. The highest BCUT2D eigenvalue weighted by Crippen LogP contribution is 2.26. The van der Waals surface area contributed by atoms with E-state index >= 15 is 0 Å². The summed E-state index contributed by atoms with van der Waals surface area (Å²) in [6.07, 6.45) is 1.26. The van der Waals surface area contributed by atoms with E-state index in [1.807, 2.05) is 0 Å². The van der Waals surface area contributed by atoms with E-state index < -0.39 is 0 Å². The van der Waals surface area contributed by atoms with E-state index in [0.717, 1.165) is 19.6 Å². The van der Waals surface area contributed by atoms with Gasteiger partial charge in [0.25, 0.3) is 0 Å². The Hall–Kier alpha value is -0.160. The Morgan fingerprint density at radius 1 is 1.11 bits per heavy atom. The van der Waals surface area contributed by atoms with Gasteiger partial charge in [0, 0.05) is 51.9 Å². The van der Waals surface area contributed by atoms with Gasteiger partial charge >= 0.3 is 0 Å². The van der Waals surface area contributed by atoms with Crippen LogP contribution in [0, 0.1) is 11.8 Å². The highest BCUT2D eigenvalue weighted by atomic mass is 16.3. The maximum atomic E-state index is 9.74. The molecular formula is C15H31N3O. The molecule has 0 saturated carbocycles. The molecule has 0 spiro atoms. The number of piperazine rings is 1. The van der Waals surface area contributed by atoms with Crippen molar-refractivity contribution in [3.8, 4) is 0 Å². The smallest absolute Gasteiger partial charge is 0.0474 e. The second-order valence-corrected chi connectivity index (χ2v) is 6.68. The van der Waals surface area contributed by atoms with Crippen molar-refractivity contribution in [1.29, 1.82) is 0 Å². The first-order valence-electron chi connectivity index (χ1n) is 7.86. The lowest BCUT2D eigenvalue weighted by molar-refractivity contribution is 0.0883. The van der Waals surface area contributed by atoms with Gasteiger partial charge in [0.2, 0.25) is 0 Å². The second kappa shape index (κ2) is 7.02. The molecule has 0 aromatic rings. The molecule has 19 heavy (non-hydrogen) atoms. The molecule has 4 nitrogen and oxygen atoms in total. The maximum absolute atomic E-state index is 9.74. The molecule has 2 aliphatic rings. The molecule has 4 heteroatoms. The van der Waals surface area contributed by atoms with Crippen LogP contribution in [0.25, 0.3) is 0 Å². The predicted octanol–water partition coefficient (Wildman–Crippen LogP) is 0.573. The summed E-state index contributed by atoms with van der Waals surface area (Å²) < 4.78 is 0. The van der Waals surface area contributed by atoms with Crippen molar-refractivity contribution in [2.24, 2.45) is 11.8 Å². The molecule has 0 aromatic carbocycles. The van der Waals surface area contributed by atoms with Crippen LogP contribution in [0.15, 0.2) is 0 Å². The lowest BCUT2D eigenvalue weighted by Crippen LogP contribution is -2.47. The molecule has 2 atom stereocenters. The number of aliphatic hydroxyl groups is 1. The Morgan fingerprint density at radius 3 is 2.32 bits per heavy atom. The average molecular weight is 269 g/mol. The van der Waals surface area contributed by atoms with Gasteiger partial charge in [0.05, 0.1) is 0 Å². The predicted molar refractivity (Wildman–Crippen MR) is 79.3 cm³/mol. The first-order chi connectivity index (χ1) is 9.10. The van der Waals surface area contributed by atoms with Crippen LogP contribution in [-0.2, 0) is 0 Å². The Morgan fingerprint density at radius 2 is 1.79 bits per heavy atom. The summed E-state index contributed by atoms with van der Waals surface area (Å²) >= 11 is 0. The van der Waals surface area contributed by atoms with Crippen LogP contribution in [0.5, 0.6) is 0 Å². The van der Waals surface area contributed by atoms with E-state index in [4.69, 9.17) is 0 Å². The molecule has 2 rings (SSSR count). The summed E-state index contributed by atoms with van der Waals surface area (Å²) in [7, 11) is 2.19. The van der Waals surface area contributed by atoms with Crippen LogP contribution in [0.2, 0.25) is 0 Å². The first-order valence-corrected chi connectivity index (χ1v) is 7.86. The van der Waals surface area contributed by atoms with Gasteiger partial charge in [-0.2, -0.15) is 0 Å². The van der Waals surface area contributed by atoms with Gasteiger partial charge < -0.3 is 19.8 Å². The normalized spacial score (nSPS) is 29.2. The maximum Gasteiger partial charge on any atom is 0.0474 e. The standard InChI is InChI=1S/C15H31N3O/c1-13(2)18-5-4-14(11-18)15(12-19)10-17-8-6-16(3)7-9-17/h13-15,19H,4-12H2,1-3H3. The van der Waals surface area contributed by atoms with E-state index in [0.29, 0.717) is 24.5 Å². The van der Waals surface area contributed by atoms with E-state index in [9.17, 15) is 5.11 Å². The summed E-state index contributed by atoms with van der Waals surface area (Å²) in [5, 5.41) is 9.74. The van der Waals surface area contributed by atoms with Gasteiger partial charge in [-0.15, -0.1) is 0 Å². The lowest BCUT2D eigenvalue weighted by Gasteiger charge is -2.35. The zero-order valence-electron chi connectivity index (χ0n) is 12.9. The van der Waals surface area contributed by atoms with E-state index in [-0.39, 0.29) is 0 Å². The van der Waals surface area contributed by atoms with Crippen molar-refractivity contribution in [1.82, 2.24) is 14.7 Å². The summed E-state index contributed by atoms with van der Waals surface area (Å²) in [6, 6.07) is 0.646. The lowest BCUT2D eigenvalue weighted by atomic mass is 9.91. The summed E-state index contributed by atoms with van der Waals surface area (Å²) in [5.74, 6) is 1.15. The molecule has 1 N–H and O–H groups in total. The zero-order valence-corrected chi connectivity index (χ0v) is 12.9. The Labute approximate surface area is 118 Å². The number of aliphatic hydroxyl groups excluding tert-OH is 1. The van der Waals surface area contributed by atoms with E-state index in [1.54, 1.807) is 0 Å². The van der Waals surface area contributed by atoms with Crippen molar-refractivity contribution in [3.63, 3.8) is 0 Å². The van der Waals surface area contributed by atoms with Gasteiger partial charge in [-0.3, -0.25) is 0 Å². The first kappa shape index (κ1) is 15.2. The number of rotatable bonds is 5. The quantitative estimate of drug-likeness (QED) is 0.790. The highest BCUT2D eigenvalue weighted by molar-refractivity contribution is 4.84. The third-order valence-corrected chi connectivity index (χ3v) is 4.98. The molecule has 0 aromatic heterocycles. The molecule has 0 bridgehead atoms. The molecule has 112 valence electrons. The summed E-state index contributed by atoms with van der Waals surface area (Å²) in [4.78, 5) is 7.48. The van der Waals surface area contributed by atoms with Crippen LogP contribution in [-0.4, -0.2) is 85.3 Å². The van der Waals surface area contributed by atoms with E-state index in [2.05, 4.69) is 35.6 Å². The molecule has 0 radical (unpaired) electrons. The van der Waals surface area contributed by atoms with Crippen molar-refractivity contribution in [3.05, 3.63) is 0 Å². The Balaban J connectivity index is 1.80. The number of hydrogen-bond acceptors (Lipinski definition) is 4. The molecule has 2 fully saturated rings. The number of nitrogens with zero attached hydrogens (tertiary/aromatic N) is 3. The van der Waals surface area contributed by atoms with Crippen LogP contribution in [0.3, 0.4) is 0 Å². The highest BCUT2D eigenvalue weighted by Gasteiger charge is 2.31. The third-order valence-electron chi connectivity index (χ3n) is 4.98. The molecular weight excluding hydrogens is 238 g/mol. The largest absolute Gasteiger partial charge is 0.396 e. The van der Waals surface area contributed by atoms with Crippen LogP contribution >= 0.6 is 0 Å². The zero-order chi connectivity index (χ0) is 13.8. The minimum Gasteiger partial charge on any atom is -0.396 e. The van der Waals surface area contributed by atoms with Crippen molar-refractivity contribution in [2.45, 2.75) is 26.3 Å². The van der Waals surface area contributed by atoms with Crippen molar-refractivity contribution in [2.75, 3.05) is 59.5 Å². The van der Waals surface area contributed by atoms with E-state index in [1.165, 1.54) is 32.6 Å². The molecule has 2 saturated heterocycles. The molecule has 2 unspecified atom stereocenters. The van der Waals surface area contributed by atoms with Crippen LogP contribution in [0.1, 0.15) is 20.3 Å². The molecule has 0 aliphatic carbocycles. The van der Waals surface area contributed by atoms with Crippen LogP contribution < -0.4 is 0 Å². The fourth-order valence-electron chi connectivity index (χ4n) is 3.39. The molecule has 2 aliphatic heterocycles. The van der Waals surface area contributed by atoms with Gasteiger partial charge in [-0.05, 0) is 45.7 Å². The monoisotopic (exact) mass is 269 g/mol. The Bertz CT molecular complexity index is 264. The van der Waals surface area contributed by atoms with Gasteiger partial charge in [0.15, 0.2) is 0 Å². The number of likely N-dealkylation sites (tertiary alicyclic amines) is 1. The average Bonchev–Trinajstić information content (AvgIpc) is 2.88. The molecule has 0 amide bonds. The summed E-state index contributed by atoms with van der Waals surface area (Å²) in [6.45, 7) is 13.0. The van der Waals surface area contributed by atoms with Gasteiger partial charge in [-0.1, -0.05) is 0 Å². The van der Waals surface area contributed by atoms with Gasteiger partial charge in [0.1, 0.15) is 0 Å². The topological polar surface area (TPSA) is 30.0 Å². The number of hydrogen-bond donors (Lipinski definition) is 1. The van der Waals surface area contributed by atoms with Crippen molar-refractivity contribution >= 4 is 0 Å². The fraction of sp³-hybridized carbons (Fsp3) is 1.00. The molecule has 2 heterocycles. The fourth-order valence-corrected chi connectivity index (χ4v) is 3.39. The van der Waals surface area contributed by atoms with Crippen molar-refractivity contribution < 1.29 is 5.11 Å². The minimum absolute atomic E-state index is 0.350. The number of likely N-dealkylation sites (N-methyl/N-ethyl adjacent to an activating group) is 1. The SMILES string of the molecule is CC(C)N1CCC(C(CO)CN2CCN(C)CC2)C1.